The lowest BCUT2D eigenvalue weighted by atomic mass is 10.00. The fraction of sp³-hybridized carbons (Fsp3) is 0. The molecule has 1 aromatic heterocycles. The van der Waals surface area contributed by atoms with Crippen molar-refractivity contribution in [3.8, 4) is 33.7 Å². The number of oxazole rings is 1. The normalized spacial score (nSPS) is 11.3. The highest BCUT2D eigenvalue weighted by molar-refractivity contribution is 6.05. The summed E-state index contributed by atoms with van der Waals surface area (Å²) in [5.74, 6) is 0.638. The van der Waals surface area contributed by atoms with E-state index in [1.165, 1.54) is 21.9 Å². The first kappa shape index (κ1) is 27.8. The summed E-state index contributed by atoms with van der Waals surface area (Å²) >= 11 is 0. The fourth-order valence-corrected chi connectivity index (χ4v) is 6.59. The molecular weight excluding hydrogens is 585 g/mol. The van der Waals surface area contributed by atoms with Crippen LogP contribution in [0, 0.1) is 0 Å². The van der Waals surface area contributed by atoms with Gasteiger partial charge in [-0.2, -0.15) is 0 Å². The van der Waals surface area contributed by atoms with E-state index in [4.69, 9.17) is 9.40 Å². The van der Waals surface area contributed by atoms with Crippen LogP contribution in [-0.2, 0) is 0 Å². The molecule has 0 fully saturated rings. The lowest BCUT2D eigenvalue weighted by Crippen LogP contribution is -2.09. The topological polar surface area (TPSA) is 29.3 Å². The van der Waals surface area contributed by atoms with Crippen molar-refractivity contribution in [3.63, 3.8) is 0 Å². The van der Waals surface area contributed by atoms with E-state index in [9.17, 15) is 0 Å². The number of rotatable bonds is 6. The summed E-state index contributed by atoms with van der Waals surface area (Å²) in [5.41, 5.74) is 10.6. The Bertz CT molecular complexity index is 2540. The second-order valence-electron chi connectivity index (χ2n) is 12.1. The molecule has 3 heteroatoms. The summed E-state index contributed by atoms with van der Waals surface area (Å²) in [6.45, 7) is 0. The highest BCUT2D eigenvalue weighted by Gasteiger charge is 2.15. The smallest absolute Gasteiger partial charge is 0.227 e. The van der Waals surface area contributed by atoms with Crippen molar-refractivity contribution in [2.75, 3.05) is 4.90 Å². The van der Waals surface area contributed by atoms with Crippen molar-refractivity contribution in [2.24, 2.45) is 0 Å². The van der Waals surface area contributed by atoms with Crippen LogP contribution in [0.25, 0.3) is 66.4 Å². The maximum atomic E-state index is 6.34. The Labute approximate surface area is 279 Å². The van der Waals surface area contributed by atoms with Crippen LogP contribution in [-0.4, -0.2) is 4.98 Å². The van der Waals surface area contributed by atoms with Crippen LogP contribution in [0.5, 0.6) is 0 Å². The second kappa shape index (κ2) is 11.7. The molecule has 0 saturated heterocycles. The molecule has 0 atom stereocenters. The van der Waals surface area contributed by atoms with Gasteiger partial charge in [0.05, 0.1) is 0 Å². The fourth-order valence-electron chi connectivity index (χ4n) is 6.59. The zero-order valence-electron chi connectivity index (χ0n) is 26.1. The van der Waals surface area contributed by atoms with Crippen molar-refractivity contribution >= 4 is 49.7 Å². The van der Waals surface area contributed by atoms with Gasteiger partial charge in [-0.05, 0) is 105 Å². The quantitative estimate of drug-likeness (QED) is 0.187. The molecule has 1 heterocycles. The number of nitrogens with zero attached hydrogens (tertiary/aromatic N) is 2. The SMILES string of the molecule is c1ccc(-c2nc3ccc4ccc(-c5ccc(N(c6ccccc6)c6ccc(-c7ccc8ccccc8c7)cc6)cc5)cc4c3o2)cc1. The van der Waals surface area contributed by atoms with E-state index in [1.807, 2.05) is 36.4 Å². The molecule has 0 aliphatic rings. The third-order valence-corrected chi connectivity index (χ3v) is 9.07. The number of hydrogen-bond acceptors (Lipinski definition) is 3. The molecule has 0 unspecified atom stereocenters. The van der Waals surface area contributed by atoms with Crippen molar-refractivity contribution in [1.29, 1.82) is 0 Å². The number of benzene rings is 8. The first-order chi connectivity index (χ1) is 23.8. The van der Waals surface area contributed by atoms with E-state index in [-0.39, 0.29) is 0 Å². The summed E-state index contributed by atoms with van der Waals surface area (Å²) in [5, 5.41) is 4.68. The van der Waals surface area contributed by atoms with Gasteiger partial charge >= 0.3 is 0 Å². The zero-order chi connectivity index (χ0) is 31.9. The lowest BCUT2D eigenvalue weighted by Gasteiger charge is -2.26. The average molecular weight is 615 g/mol. The van der Waals surface area contributed by atoms with Crippen LogP contribution in [0.3, 0.4) is 0 Å². The summed E-state index contributed by atoms with van der Waals surface area (Å²) in [6, 6.07) is 64.1. The number of aromatic nitrogens is 1. The molecule has 0 bridgehead atoms. The minimum atomic E-state index is 0.638. The molecule has 0 N–H and O–H groups in total. The van der Waals surface area contributed by atoms with Crippen molar-refractivity contribution in [3.05, 3.63) is 182 Å². The third-order valence-electron chi connectivity index (χ3n) is 9.07. The first-order valence-corrected chi connectivity index (χ1v) is 16.2. The number of anilines is 3. The van der Waals surface area contributed by atoms with Gasteiger partial charge in [-0.25, -0.2) is 4.98 Å². The zero-order valence-corrected chi connectivity index (χ0v) is 26.1. The maximum Gasteiger partial charge on any atom is 0.227 e. The van der Waals surface area contributed by atoms with Crippen LogP contribution in [0.4, 0.5) is 17.1 Å². The van der Waals surface area contributed by atoms with Crippen LogP contribution < -0.4 is 4.90 Å². The molecule has 226 valence electrons. The lowest BCUT2D eigenvalue weighted by molar-refractivity contribution is 0.623. The largest absolute Gasteiger partial charge is 0.435 e. The maximum absolute atomic E-state index is 6.34. The molecular formula is C45H30N2O. The average Bonchev–Trinajstić information content (AvgIpc) is 3.61. The third kappa shape index (κ3) is 5.08. The minimum Gasteiger partial charge on any atom is -0.435 e. The molecule has 48 heavy (non-hydrogen) atoms. The molecule has 0 amide bonds. The predicted molar refractivity (Wildman–Crippen MR) is 200 cm³/mol. The Morgan fingerprint density at radius 3 is 1.58 bits per heavy atom. The summed E-state index contributed by atoms with van der Waals surface area (Å²) < 4.78 is 6.34. The monoisotopic (exact) mass is 614 g/mol. The van der Waals surface area contributed by atoms with Crippen LogP contribution >= 0.6 is 0 Å². The summed E-state index contributed by atoms with van der Waals surface area (Å²) in [4.78, 5) is 7.09. The first-order valence-electron chi connectivity index (χ1n) is 16.2. The molecule has 9 rings (SSSR count). The molecule has 0 spiro atoms. The second-order valence-corrected chi connectivity index (χ2v) is 12.1. The van der Waals surface area contributed by atoms with Crippen molar-refractivity contribution < 1.29 is 4.42 Å². The number of hydrogen-bond donors (Lipinski definition) is 0. The summed E-state index contributed by atoms with van der Waals surface area (Å²) in [7, 11) is 0. The Kier molecular flexibility index (Phi) is 6.80. The van der Waals surface area contributed by atoms with E-state index >= 15 is 0 Å². The molecule has 0 aliphatic heterocycles. The Morgan fingerprint density at radius 1 is 0.375 bits per heavy atom. The van der Waals surface area contributed by atoms with Crippen LogP contribution in [0.15, 0.2) is 186 Å². The van der Waals surface area contributed by atoms with Crippen molar-refractivity contribution in [2.45, 2.75) is 0 Å². The Balaban J connectivity index is 1.06. The van der Waals surface area contributed by atoms with E-state index in [0.717, 1.165) is 55.6 Å². The Morgan fingerprint density at radius 2 is 0.896 bits per heavy atom. The van der Waals surface area contributed by atoms with Gasteiger partial charge in [-0.1, -0.05) is 115 Å². The van der Waals surface area contributed by atoms with Crippen LogP contribution in [0.2, 0.25) is 0 Å². The van der Waals surface area contributed by atoms with E-state index in [0.29, 0.717) is 5.89 Å². The van der Waals surface area contributed by atoms with Gasteiger partial charge in [0.2, 0.25) is 5.89 Å². The van der Waals surface area contributed by atoms with E-state index < -0.39 is 0 Å². The molecule has 9 aromatic rings. The standard InChI is InChI=1S/C45H30N2O/c1-3-10-35(11-4-1)45-46-43-28-23-34-16-18-38(30-42(34)44(43)48-45)33-21-26-41(27-22-33)47(39-13-5-2-6-14-39)40-24-19-32(20-25-40)37-17-15-31-9-7-8-12-36(31)29-37/h1-30H. The van der Waals surface area contributed by atoms with Crippen LogP contribution in [0.1, 0.15) is 0 Å². The molecule has 0 saturated carbocycles. The predicted octanol–water partition coefficient (Wildman–Crippen LogP) is 12.6. The molecule has 3 nitrogen and oxygen atoms in total. The van der Waals surface area contributed by atoms with Gasteiger partial charge in [-0.15, -0.1) is 0 Å². The highest BCUT2D eigenvalue weighted by Crippen LogP contribution is 2.38. The minimum absolute atomic E-state index is 0.638. The summed E-state index contributed by atoms with van der Waals surface area (Å²) in [6.07, 6.45) is 0. The Hall–Kier alpha value is -6.45. The van der Waals surface area contributed by atoms with E-state index in [1.54, 1.807) is 0 Å². The molecule has 0 radical (unpaired) electrons. The van der Waals surface area contributed by atoms with Gasteiger partial charge < -0.3 is 9.32 Å². The molecule has 0 aliphatic carbocycles. The van der Waals surface area contributed by atoms with Crippen molar-refractivity contribution in [1.82, 2.24) is 4.98 Å². The molecule has 8 aromatic carbocycles. The number of para-hydroxylation sites is 1. The van der Waals surface area contributed by atoms with Gasteiger partial charge in [0.25, 0.3) is 0 Å². The van der Waals surface area contributed by atoms with Gasteiger partial charge in [0.15, 0.2) is 5.58 Å². The van der Waals surface area contributed by atoms with Gasteiger partial charge in [0.1, 0.15) is 5.52 Å². The van der Waals surface area contributed by atoms with E-state index in [2.05, 4.69) is 150 Å². The number of fused-ring (bicyclic) bond motifs is 4. The highest BCUT2D eigenvalue weighted by atomic mass is 16.3. The van der Waals surface area contributed by atoms with Gasteiger partial charge in [0, 0.05) is 28.0 Å². The van der Waals surface area contributed by atoms with Gasteiger partial charge in [-0.3, -0.25) is 0 Å².